The molecule has 11 nitrogen and oxygen atoms in total. The minimum Gasteiger partial charge on any atom is -0.506 e. The topological polar surface area (TPSA) is 146 Å². The summed E-state index contributed by atoms with van der Waals surface area (Å²) in [6.07, 6.45) is 0.918. The molecule has 234 valence electrons. The number of aromatic hydroxyl groups is 1. The monoisotopic (exact) mass is 633 g/mol. The Morgan fingerprint density at radius 2 is 1.91 bits per heavy atom. The maximum atomic E-state index is 16.0. The first-order valence-electron chi connectivity index (χ1n) is 14.2. The predicted molar refractivity (Wildman–Crippen MR) is 170 cm³/mol. The maximum absolute atomic E-state index is 16.0. The molecule has 0 atom stereocenters. The molecule has 1 aromatic carbocycles. The second kappa shape index (κ2) is 11.9. The molecule has 45 heavy (non-hydrogen) atoms. The third-order valence-electron chi connectivity index (χ3n) is 6.76. The Kier molecular flexibility index (Phi) is 8.32. The standard InChI is InChI=1S/C32H32FN5O6S/c1-8-43-29(41)21-26(39)18-14-19(33)23(35-27(18)38(28(21)40)25-16(4)12-13-34-22(25)15(2)3)17-10-9-11-20-24(17)36-30(45-20)37-31(42)44-32(5,6)7/h9-15,39H,8H2,1-7H3,(H,36,37,42). The second-order valence-corrected chi connectivity index (χ2v) is 12.6. The highest BCUT2D eigenvalue weighted by molar-refractivity contribution is 7.22. The minimum absolute atomic E-state index is 0.0487. The molecule has 0 saturated heterocycles. The molecule has 0 unspecified atom stereocenters. The number of esters is 1. The van der Waals surface area contributed by atoms with Gasteiger partial charge in [-0.2, -0.15) is 0 Å². The maximum Gasteiger partial charge on any atom is 0.413 e. The van der Waals surface area contributed by atoms with Crippen molar-refractivity contribution in [3.8, 4) is 22.7 Å². The van der Waals surface area contributed by atoms with Crippen molar-refractivity contribution in [2.24, 2.45) is 0 Å². The fourth-order valence-corrected chi connectivity index (χ4v) is 5.80. The van der Waals surface area contributed by atoms with Crippen molar-refractivity contribution in [2.75, 3.05) is 11.9 Å². The van der Waals surface area contributed by atoms with Gasteiger partial charge in [0.15, 0.2) is 16.3 Å². The lowest BCUT2D eigenvalue weighted by Gasteiger charge is -2.20. The van der Waals surface area contributed by atoms with Gasteiger partial charge in [0, 0.05) is 11.8 Å². The number of carbonyl (C=O) groups excluding carboxylic acids is 2. The van der Waals surface area contributed by atoms with Gasteiger partial charge in [0.1, 0.15) is 22.9 Å². The van der Waals surface area contributed by atoms with Crippen molar-refractivity contribution < 1.29 is 28.6 Å². The zero-order valence-electron chi connectivity index (χ0n) is 25.8. The fraction of sp³-hybridized carbons (Fsp3) is 0.312. The zero-order chi connectivity index (χ0) is 32.8. The Bertz CT molecular complexity index is 2050. The van der Waals surface area contributed by atoms with Crippen LogP contribution in [0.25, 0.3) is 38.2 Å². The Balaban J connectivity index is 1.81. The van der Waals surface area contributed by atoms with Gasteiger partial charge in [-0.1, -0.05) is 37.3 Å². The number of hydrogen-bond acceptors (Lipinski definition) is 10. The molecule has 0 fully saturated rings. The highest BCUT2D eigenvalue weighted by Crippen LogP contribution is 2.38. The number of nitrogens with zero attached hydrogens (tertiary/aromatic N) is 4. The summed E-state index contributed by atoms with van der Waals surface area (Å²) >= 11 is 1.16. The third kappa shape index (κ3) is 5.95. The van der Waals surface area contributed by atoms with E-state index in [1.54, 1.807) is 65.1 Å². The molecule has 0 spiro atoms. The van der Waals surface area contributed by atoms with Gasteiger partial charge in [-0.3, -0.25) is 19.7 Å². The zero-order valence-corrected chi connectivity index (χ0v) is 26.6. The normalized spacial score (nSPS) is 11.8. The molecule has 0 bridgehead atoms. The second-order valence-electron chi connectivity index (χ2n) is 11.6. The van der Waals surface area contributed by atoms with E-state index < -0.39 is 40.4 Å². The van der Waals surface area contributed by atoms with Crippen molar-refractivity contribution in [1.29, 1.82) is 0 Å². The molecule has 0 aliphatic rings. The number of amides is 1. The highest BCUT2D eigenvalue weighted by atomic mass is 32.1. The van der Waals surface area contributed by atoms with Gasteiger partial charge in [-0.25, -0.2) is 23.9 Å². The molecule has 5 aromatic rings. The number of carbonyl (C=O) groups is 2. The van der Waals surface area contributed by atoms with E-state index in [9.17, 15) is 19.5 Å². The predicted octanol–water partition coefficient (Wildman–Crippen LogP) is 6.86. The summed E-state index contributed by atoms with van der Waals surface area (Å²) in [6, 6.07) is 7.79. The van der Waals surface area contributed by atoms with Crippen LogP contribution in [0.15, 0.2) is 41.3 Å². The average Bonchev–Trinajstić information content (AvgIpc) is 3.35. The number of pyridine rings is 3. The van der Waals surface area contributed by atoms with Gasteiger partial charge in [-0.05, 0) is 64.3 Å². The van der Waals surface area contributed by atoms with Gasteiger partial charge in [0.25, 0.3) is 5.56 Å². The molecule has 1 amide bonds. The molecule has 4 heterocycles. The average molecular weight is 634 g/mol. The molecule has 5 rings (SSSR count). The molecule has 0 aliphatic carbocycles. The molecule has 2 N–H and O–H groups in total. The van der Waals surface area contributed by atoms with Crippen molar-refractivity contribution in [3.63, 3.8) is 0 Å². The van der Waals surface area contributed by atoms with E-state index in [2.05, 4.69) is 20.3 Å². The number of aromatic nitrogens is 4. The van der Waals surface area contributed by atoms with Crippen LogP contribution in [0.2, 0.25) is 0 Å². The van der Waals surface area contributed by atoms with Crippen molar-refractivity contribution in [2.45, 2.75) is 60.0 Å². The quantitative estimate of drug-likeness (QED) is 0.192. The van der Waals surface area contributed by atoms with Crippen LogP contribution in [-0.2, 0) is 9.47 Å². The van der Waals surface area contributed by atoms with Crippen LogP contribution in [0.5, 0.6) is 5.75 Å². The van der Waals surface area contributed by atoms with Crippen LogP contribution in [0.3, 0.4) is 0 Å². The minimum atomic E-state index is -1.05. The number of fused-ring (bicyclic) bond motifs is 2. The number of rotatable bonds is 6. The summed E-state index contributed by atoms with van der Waals surface area (Å²) < 4.78 is 28.2. The van der Waals surface area contributed by atoms with Gasteiger partial charge >= 0.3 is 12.1 Å². The van der Waals surface area contributed by atoms with E-state index in [1.807, 2.05) is 13.8 Å². The first-order valence-corrected chi connectivity index (χ1v) is 15.0. The van der Waals surface area contributed by atoms with Crippen LogP contribution in [0, 0.1) is 12.7 Å². The smallest absolute Gasteiger partial charge is 0.413 e. The SMILES string of the molecule is CCOC(=O)c1c(O)c2cc(F)c(-c3cccc4sc(NC(=O)OC(C)(C)C)nc34)nc2n(-c2c(C)ccnc2C(C)C)c1=O. The third-order valence-corrected chi connectivity index (χ3v) is 7.70. The fourth-order valence-electron chi connectivity index (χ4n) is 4.92. The summed E-state index contributed by atoms with van der Waals surface area (Å²) in [7, 11) is 0. The molecular weight excluding hydrogens is 601 g/mol. The molecule has 13 heteroatoms. The summed E-state index contributed by atoms with van der Waals surface area (Å²) in [5.74, 6) is -2.79. The van der Waals surface area contributed by atoms with Crippen LogP contribution >= 0.6 is 11.3 Å². The molecule has 0 radical (unpaired) electrons. The summed E-state index contributed by atoms with van der Waals surface area (Å²) in [5.41, 5.74) is -0.356. The van der Waals surface area contributed by atoms with Gasteiger partial charge in [0.2, 0.25) is 0 Å². The van der Waals surface area contributed by atoms with E-state index >= 15 is 4.39 Å². The first kappa shape index (κ1) is 31.5. The van der Waals surface area contributed by atoms with E-state index in [0.717, 1.165) is 17.4 Å². The van der Waals surface area contributed by atoms with E-state index in [1.165, 1.54) is 4.57 Å². The molecule has 0 saturated carbocycles. The number of halogens is 1. The number of benzene rings is 1. The molecule has 4 aromatic heterocycles. The lowest BCUT2D eigenvalue weighted by molar-refractivity contribution is 0.0520. The largest absolute Gasteiger partial charge is 0.506 e. The van der Waals surface area contributed by atoms with Crippen LogP contribution in [0.4, 0.5) is 14.3 Å². The van der Waals surface area contributed by atoms with Crippen LogP contribution in [0.1, 0.15) is 69.1 Å². The van der Waals surface area contributed by atoms with Gasteiger partial charge < -0.3 is 14.6 Å². The van der Waals surface area contributed by atoms with E-state index in [0.29, 0.717) is 27.2 Å². The summed E-state index contributed by atoms with van der Waals surface area (Å²) in [5, 5.41) is 13.8. The number of ether oxygens (including phenoxy) is 2. The first-order chi connectivity index (χ1) is 21.2. The lowest BCUT2D eigenvalue weighted by atomic mass is 10.0. The Hall–Kier alpha value is -4.91. The number of aryl methyl sites for hydroxylation is 1. The van der Waals surface area contributed by atoms with E-state index in [-0.39, 0.29) is 39.9 Å². The van der Waals surface area contributed by atoms with Gasteiger partial charge in [-0.15, -0.1) is 0 Å². The Labute approximate surface area is 261 Å². The van der Waals surface area contributed by atoms with Crippen LogP contribution in [-0.4, -0.2) is 48.9 Å². The Morgan fingerprint density at radius 3 is 2.58 bits per heavy atom. The summed E-state index contributed by atoms with van der Waals surface area (Å²) in [4.78, 5) is 53.0. The van der Waals surface area contributed by atoms with Crippen LogP contribution < -0.4 is 10.9 Å². The highest BCUT2D eigenvalue weighted by Gasteiger charge is 2.29. The van der Waals surface area contributed by atoms with Gasteiger partial charge in [0.05, 0.1) is 33.6 Å². The number of hydrogen-bond donors (Lipinski definition) is 2. The van der Waals surface area contributed by atoms with Crippen molar-refractivity contribution in [3.05, 3.63) is 69.5 Å². The Morgan fingerprint density at radius 1 is 1.18 bits per heavy atom. The summed E-state index contributed by atoms with van der Waals surface area (Å²) in [6.45, 7) is 12.3. The number of anilines is 1. The molecular formula is C32H32FN5O6S. The van der Waals surface area contributed by atoms with E-state index in [4.69, 9.17) is 9.47 Å². The number of nitrogens with one attached hydrogen (secondary N) is 1. The lowest BCUT2D eigenvalue weighted by Crippen LogP contribution is -2.29. The molecule has 0 aliphatic heterocycles. The number of para-hydroxylation sites is 1. The van der Waals surface area contributed by atoms with Crippen molar-refractivity contribution in [1.82, 2.24) is 19.5 Å². The number of thiazole rings is 1. The van der Waals surface area contributed by atoms with Crippen molar-refractivity contribution >= 4 is 49.8 Å².